The molecule has 2 fully saturated rings. The quantitative estimate of drug-likeness (QED) is 0.737. The molecule has 3 heteroatoms. The summed E-state index contributed by atoms with van der Waals surface area (Å²) in [5, 5.41) is 0. The molecule has 0 N–H and O–H groups in total. The lowest BCUT2D eigenvalue weighted by molar-refractivity contribution is -0.126. The summed E-state index contributed by atoms with van der Waals surface area (Å²) in [6.07, 6.45) is 7.04. The van der Waals surface area contributed by atoms with Gasteiger partial charge in [-0.15, -0.1) is 0 Å². The first kappa shape index (κ1) is 15.0. The number of nitrogens with zero attached hydrogens (tertiary/aromatic N) is 2. The van der Waals surface area contributed by atoms with E-state index in [4.69, 9.17) is 0 Å². The zero-order valence-electron chi connectivity index (χ0n) is 12.7. The van der Waals surface area contributed by atoms with E-state index >= 15 is 0 Å². The molecule has 110 valence electrons. The average Bonchev–Trinajstić information content (AvgIpc) is 2.92. The van der Waals surface area contributed by atoms with Gasteiger partial charge in [-0.05, 0) is 51.7 Å². The maximum Gasteiger partial charge on any atom is 0.137 e. The normalized spacial score (nSPS) is 29.3. The Morgan fingerprint density at radius 3 is 2.74 bits per heavy atom. The summed E-state index contributed by atoms with van der Waals surface area (Å²) in [6.45, 7) is 8.06. The summed E-state index contributed by atoms with van der Waals surface area (Å²) < 4.78 is 0. The Morgan fingerprint density at radius 2 is 2.05 bits per heavy atom. The summed E-state index contributed by atoms with van der Waals surface area (Å²) in [4.78, 5) is 16.9. The molecule has 3 nitrogen and oxygen atoms in total. The number of hydrogen-bond acceptors (Lipinski definition) is 3. The highest BCUT2D eigenvalue weighted by Crippen LogP contribution is 2.29. The van der Waals surface area contributed by atoms with Crippen molar-refractivity contribution in [1.82, 2.24) is 9.80 Å². The van der Waals surface area contributed by atoms with Crippen LogP contribution in [0.5, 0.6) is 0 Å². The van der Waals surface area contributed by atoms with E-state index in [1.807, 2.05) is 0 Å². The summed E-state index contributed by atoms with van der Waals surface area (Å²) >= 11 is 0. The van der Waals surface area contributed by atoms with E-state index in [1.54, 1.807) is 0 Å². The molecule has 2 unspecified atom stereocenters. The second-order valence-electron chi connectivity index (χ2n) is 6.52. The number of Topliss-reactive ketones (excluding diaryl/α,β-unsaturated/α-hetero) is 1. The van der Waals surface area contributed by atoms with E-state index in [-0.39, 0.29) is 0 Å². The summed E-state index contributed by atoms with van der Waals surface area (Å²) in [5.74, 6) is 1.61. The monoisotopic (exact) mass is 266 g/mol. The van der Waals surface area contributed by atoms with Crippen molar-refractivity contribution >= 4 is 5.78 Å². The van der Waals surface area contributed by atoms with Crippen LogP contribution < -0.4 is 0 Å². The summed E-state index contributed by atoms with van der Waals surface area (Å²) in [6, 6.07) is 0. The minimum Gasteiger partial charge on any atom is -0.304 e. The highest BCUT2D eigenvalue weighted by atomic mass is 16.1. The van der Waals surface area contributed by atoms with Gasteiger partial charge in [0.05, 0.1) is 0 Å². The third kappa shape index (κ3) is 4.57. The van der Waals surface area contributed by atoms with Crippen molar-refractivity contribution in [2.45, 2.75) is 45.4 Å². The van der Waals surface area contributed by atoms with Crippen LogP contribution in [0.15, 0.2) is 0 Å². The fourth-order valence-corrected chi connectivity index (χ4v) is 3.54. The van der Waals surface area contributed by atoms with Gasteiger partial charge in [0.2, 0.25) is 0 Å². The van der Waals surface area contributed by atoms with E-state index in [2.05, 4.69) is 23.8 Å². The van der Waals surface area contributed by atoms with Crippen LogP contribution in [0.4, 0.5) is 0 Å². The van der Waals surface area contributed by atoms with Crippen LogP contribution in [0.1, 0.15) is 45.4 Å². The van der Waals surface area contributed by atoms with Crippen molar-refractivity contribution in [3.63, 3.8) is 0 Å². The fourth-order valence-electron chi connectivity index (χ4n) is 3.54. The zero-order valence-corrected chi connectivity index (χ0v) is 12.7. The van der Waals surface area contributed by atoms with Gasteiger partial charge in [-0.1, -0.05) is 13.3 Å². The first-order valence-corrected chi connectivity index (χ1v) is 8.12. The van der Waals surface area contributed by atoms with Gasteiger partial charge in [-0.2, -0.15) is 0 Å². The van der Waals surface area contributed by atoms with Gasteiger partial charge in [0.1, 0.15) is 5.78 Å². The number of carbonyl (C=O) groups is 1. The SMILES string of the molecule is CCC1CCC(=O)C(CN(C)CCN2CCCC2)C1. The maximum absolute atomic E-state index is 12.0. The van der Waals surface area contributed by atoms with Crippen molar-refractivity contribution in [2.24, 2.45) is 11.8 Å². The fraction of sp³-hybridized carbons (Fsp3) is 0.938. The third-order valence-electron chi connectivity index (χ3n) is 4.98. The Balaban J connectivity index is 1.70. The van der Waals surface area contributed by atoms with Gasteiger partial charge >= 0.3 is 0 Å². The lowest BCUT2D eigenvalue weighted by atomic mass is 9.79. The standard InChI is InChI=1S/C16H30N2O/c1-3-14-6-7-16(19)15(12-14)13-17(2)10-11-18-8-4-5-9-18/h14-15H,3-13H2,1-2H3. The molecular weight excluding hydrogens is 236 g/mol. The van der Waals surface area contributed by atoms with E-state index < -0.39 is 0 Å². The molecule has 2 atom stereocenters. The van der Waals surface area contributed by atoms with Crippen molar-refractivity contribution in [3.05, 3.63) is 0 Å². The van der Waals surface area contributed by atoms with E-state index in [0.717, 1.165) is 38.3 Å². The van der Waals surface area contributed by atoms with Crippen molar-refractivity contribution < 1.29 is 4.79 Å². The zero-order chi connectivity index (χ0) is 13.7. The first-order chi connectivity index (χ1) is 9.19. The highest BCUT2D eigenvalue weighted by molar-refractivity contribution is 5.81. The van der Waals surface area contributed by atoms with Crippen LogP contribution in [0.25, 0.3) is 0 Å². The highest BCUT2D eigenvalue weighted by Gasteiger charge is 2.28. The number of likely N-dealkylation sites (tertiary alicyclic amines) is 1. The number of likely N-dealkylation sites (N-methyl/N-ethyl adjacent to an activating group) is 1. The molecule has 0 amide bonds. The molecule has 1 aliphatic carbocycles. The van der Waals surface area contributed by atoms with E-state index in [1.165, 1.54) is 38.9 Å². The predicted molar refractivity (Wildman–Crippen MR) is 79.3 cm³/mol. The van der Waals surface area contributed by atoms with Crippen LogP contribution >= 0.6 is 0 Å². The molecule has 0 aromatic heterocycles. The lowest BCUT2D eigenvalue weighted by Gasteiger charge is -2.31. The van der Waals surface area contributed by atoms with Crippen LogP contribution in [0.3, 0.4) is 0 Å². The second-order valence-corrected chi connectivity index (χ2v) is 6.52. The smallest absolute Gasteiger partial charge is 0.137 e. The average molecular weight is 266 g/mol. The second kappa shape index (κ2) is 7.39. The summed E-state index contributed by atoms with van der Waals surface area (Å²) in [7, 11) is 2.18. The topological polar surface area (TPSA) is 23.6 Å². The van der Waals surface area contributed by atoms with Crippen LogP contribution in [-0.2, 0) is 4.79 Å². The Kier molecular flexibility index (Phi) is 5.83. The first-order valence-electron chi connectivity index (χ1n) is 8.12. The molecule has 1 heterocycles. The number of rotatable bonds is 6. The largest absolute Gasteiger partial charge is 0.304 e. The molecule has 2 rings (SSSR count). The predicted octanol–water partition coefficient (Wildman–Crippen LogP) is 2.41. The Labute approximate surface area is 118 Å². The van der Waals surface area contributed by atoms with Crippen LogP contribution in [0.2, 0.25) is 0 Å². The molecule has 0 radical (unpaired) electrons. The molecule has 0 aromatic rings. The number of carbonyl (C=O) groups excluding carboxylic acids is 1. The van der Waals surface area contributed by atoms with Crippen molar-refractivity contribution in [3.8, 4) is 0 Å². The molecular formula is C16H30N2O. The van der Waals surface area contributed by atoms with Gasteiger partial charge in [0.15, 0.2) is 0 Å². The minimum atomic E-state index is 0.308. The molecule has 19 heavy (non-hydrogen) atoms. The van der Waals surface area contributed by atoms with Gasteiger partial charge in [-0.25, -0.2) is 0 Å². The molecule has 0 spiro atoms. The number of hydrogen-bond donors (Lipinski definition) is 0. The van der Waals surface area contributed by atoms with Crippen LogP contribution in [0, 0.1) is 11.8 Å². The van der Waals surface area contributed by atoms with E-state index in [0.29, 0.717) is 11.7 Å². The van der Waals surface area contributed by atoms with E-state index in [9.17, 15) is 4.79 Å². The number of ketones is 1. The molecule has 2 aliphatic rings. The molecule has 1 aliphatic heterocycles. The summed E-state index contributed by atoms with van der Waals surface area (Å²) in [5.41, 5.74) is 0. The van der Waals surface area contributed by atoms with Crippen molar-refractivity contribution in [2.75, 3.05) is 39.8 Å². The Hall–Kier alpha value is -0.410. The van der Waals surface area contributed by atoms with Crippen LogP contribution in [-0.4, -0.2) is 55.4 Å². The van der Waals surface area contributed by atoms with Crippen molar-refractivity contribution in [1.29, 1.82) is 0 Å². The maximum atomic E-state index is 12.0. The van der Waals surface area contributed by atoms with Gasteiger partial charge < -0.3 is 9.80 Å². The van der Waals surface area contributed by atoms with Gasteiger partial charge in [0.25, 0.3) is 0 Å². The molecule has 0 aromatic carbocycles. The third-order valence-corrected chi connectivity index (χ3v) is 4.98. The lowest BCUT2D eigenvalue weighted by Crippen LogP contribution is -2.38. The molecule has 0 bridgehead atoms. The molecule has 1 saturated carbocycles. The minimum absolute atomic E-state index is 0.308. The van der Waals surface area contributed by atoms with Gasteiger partial charge in [0, 0.05) is 32.0 Å². The Morgan fingerprint density at radius 1 is 1.32 bits per heavy atom. The molecule has 1 saturated heterocycles. The van der Waals surface area contributed by atoms with Gasteiger partial charge in [-0.3, -0.25) is 4.79 Å². The Bertz CT molecular complexity index is 286.